The van der Waals surface area contributed by atoms with Crippen LogP contribution in [0.1, 0.15) is 23.2 Å². The second-order valence-corrected chi connectivity index (χ2v) is 7.81. The molecule has 0 spiro atoms. The third-order valence-corrected chi connectivity index (χ3v) is 5.96. The molecular formula is C18H15BrFN3OS. The zero-order chi connectivity index (χ0) is 17.4. The van der Waals surface area contributed by atoms with E-state index >= 15 is 0 Å². The second kappa shape index (κ2) is 6.72. The van der Waals surface area contributed by atoms with Gasteiger partial charge in [-0.05, 0) is 65.2 Å². The number of halogens is 2. The molecule has 0 saturated carbocycles. The molecule has 4 nitrogen and oxygen atoms in total. The summed E-state index contributed by atoms with van der Waals surface area (Å²) in [5, 5.41) is 3.86. The summed E-state index contributed by atoms with van der Waals surface area (Å²) in [5.41, 5.74) is 1.87. The van der Waals surface area contributed by atoms with Crippen LogP contribution in [0.2, 0.25) is 0 Å². The van der Waals surface area contributed by atoms with E-state index < -0.39 is 5.82 Å². The molecule has 1 saturated heterocycles. The van der Waals surface area contributed by atoms with Crippen molar-refractivity contribution in [1.29, 1.82) is 0 Å². The van der Waals surface area contributed by atoms with E-state index in [2.05, 4.69) is 31.1 Å². The van der Waals surface area contributed by atoms with Gasteiger partial charge in [-0.15, -0.1) is 0 Å². The summed E-state index contributed by atoms with van der Waals surface area (Å²) in [5.74, 6) is -0.795. The van der Waals surface area contributed by atoms with Crippen LogP contribution in [0.15, 0.2) is 40.9 Å². The molecule has 4 rings (SSSR count). The Bertz CT molecular complexity index is 953. The van der Waals surface area contributed by atoms with Crippen LogP contribution in [0.25, 0.3) is 10.2 Å². The Morgan fingerprint density at radius 1 is 1.20 bits per heavy atom. The number of benzene rings is 2. The topological polar surface area (TPSA) is 45.2 Å². The summed E-state index contributed by atoms with van der Waals surface area (Å²) in [6.07, 6.45) is 2.42. The third kappa shape index (κ3) is 3.39. The molecule has 0 unspecified atom stereocenters. The summed E-state index contributed by atoms with van der Waals surface area (Å²) >= 11 is 4.92. The highest BCUT2D eigenvalue weighted by Crippen LogP contribution is 2.32. The quantitative estimate of drug-likeness (QED) is 0.645. The largest absolute Gasteiger partial charge is 0.348 e. The van der Waals surface area contributed by atoms with E-state index in [4.69, 9.17) is 0 Å². The van der Waals surface area contributed by atoms with E-state index in [1.807, 2.05) is 18.2 Å². The highest BCUT2D eigenvalue weighted by atomic mass is 79.9. The number of carbonyl (C=O) groups excluding carboxylic acids is 1. The molecular weight excluding hydrogens is 405 g/mol. The predicted molar refractivity (Wildman–Crippen MR) is 103 cm³/mol. The number of fused-ring (bicyclic) bond motifs is 1. The number of carbonyl (C=O) groups is 1. The highest BCUT2D eigenvalue weighted by molar-refractivity contribution is 9.10. The summed E-state index contributed by atoms with van der Waals surface area (Å²) in [4.78, 5) is 19.4. The molecule has 1 aliphatic heterocycles. The van der Waals surface area contributed by atoms with E-state index in [1.54, 1.807) is 11.3 Å². The Morgan fingerprint density at radius 2 is 2.00 bits per heavy atom. The van der Waals surface area contributed by atoms with Crippen molar-refractivity contribution in [2.45, 2.75) is 12.8 Å². The molecule has 1 aromatic heterocycles. The standard InChI is InChI=1S/C18H15BrFN3OS/c19-14-5-3-11(20)9-13(14)17(24)21-12-4-6-15-16(10-12)25-18(22-15)23-7-1-2-8-23/h3-6,9-10H,1-2,7-8H2,(H,21,24). The van der Waals surface area contributed by atoms with Crippen LogP contribution in [0, 0.1) is 5.82 Å². The summed E-state index contributed by atoms with van der Waals surface area (Å²) < 4.78 is 15.0. The maximum absolute atomic E-state index is 13.4. The second-order valence-electron chi connectivity index (χ2n) is 5.95. The molecule has 0 aliphatic carbocycles. The van der Waals surface area contributed by atoms with Gasteiger partial charge >= 0.3 is 0 Å². The van der Waals surface area contributed by atoms with Crippen LogP contribution < -0.4 is 10.2 Å². The maximum atomic E-state index is 13.4. The molecule has 25 heavy (non-hydrogen) atoms. The monoisotopic (exact) mass is 419 g/mol. The van der Waals surface area contributed by atoms with Gasteiger partial charge in [0.05, 0.1) is 15.8 Å². The lowest BCUT2D eigenvalue weighted by molar-refractivity contribution is 0.102. The first-order chi connectivity index (χ1) is 12.1. The van der Waals surface area contributed by atoms with Crippen molar-refractivity contribution in [3.63, 3.8) is 0 Å². The Labute approximate surface area is 156 Å². The number of thiazole rings is 1. The van der Waals surface area contributed by atoms with Gasteiger partial charge in [0.2, 0.25) is 0 Å². The number of nitrogens with one attached hydrogen (secondary N) is 1. The van der Waals surface area contributed by atoms with E-state index in [-0.39, 0.29) is 11.5 Å². The van der Waals surface area contributed by atoms with E-state index in [0.717, 1.165) is 28.4 Å². The fourth-order valence-electron chi connectivity index (χ4n) is 2.90. The molecule has 1 N–H and O–H groups in total. The molecule has 1 amide bonds. The van der Waals surface area contributed by atoms with Crippen molar-refractivity contribution < 1.29 is 9.18 Å². The fourth-order valence-corrected chi connectivity index (χ4v) is 4.39. The van der Waals surface area contributed by atoms with Gasteiger partial charge in [-0.2, -0.15) is 0 Å². The third-order valence-electron chi connectivity index (χ3n) is 4.18. The van der Waals surface area contributed by atoms with Crippen LogP contribution in [-0.2, 0) is 0 Å². The van der Waals surface area contributed by atoms with E-state index in [0.29, 0.717) is 10.2 Å². The van der Waals surface area contributed by atoms with Gasteiger partial charge < -0.3 is 10.2 Å². The van der Waals surface area contributed by atoms with Gasteiger partial charge in [-0.1, -0.05) is 11.3 Å². The van der Waals surface area contributed by atoms with E-state index in [9.17, 15) is 9.18 Å². The van der Waals surface area contributed by atoms with Crippen molar-refractivity contribution in [1.82, 2.24) is 4.98 Å². The van der Waals surface area contributed by atoms with Gasteiger partial charge in [-0.25, -0.2) is 9.37 Å². The summed E-state index contributed by atoms with van der Waals surface area (Å²) in [7, 11) is 0. The molecule has 0 atom stereocenters. The number of rotatable bonds is 3. The zero-order valence-corrected chi connectivity index (χ0v) is 15.7. The summed E-state index contributed by atoms with van der Waals surface area (Å²) in [6, 6.07) is 9.69. The highest BCUT2D eigenvalue weighted by Gasteiger charge is 2.17. The molecule has 2 heterocycles. The Hall–Kier alpha value is -1.99. The van der Waals surface area contributed by atoms with Crippen molar-refractivity contribution in [3.05, 3.63) is 52.3 Å². The average molecular weight is 420 g/mol. The minimum Gasteiger partial charge on any atom is -0.348 e. The number of amides is 1. The lowest BCUT2D eigenvalue weighted by Gasteiger charge is -2.11. The first-order valence-corrected chi connectivity index (χ1v) is 9.63. The smallest absolute Gasteiger partial charge is 0.256 e. The predicted octanol–water partition coefficient (Wildman–Crippen LogP) is 5.05. The SMILES string of the molecule is O=C(Nc1ccc2nc(N3CCCC3)sc2c1)c1cc(F)ccc1Br. The van der Waals surface area contributed by atoms with Crippen molar-refractivity contribution in [3.8, 4) is 0 Å². The van der Waals surface area contributed by atoms with Gasteiger partial charge in [0, 0.05) is 23.2 Å². The van der Waals surface area contributed by atoms with Crippen LogP contribution in [-0.4, -0.2) is 24.0 Å². The molecule has 3 aromatic rings. The molecule has 2 aromatic carbocycles. The lowest BCUT2D eigenvalue weighted by atomic mass is 10.2. The number of hydrogen-bond donors (Lipinski definition) is 1. The normalized spacial score (nSPS) is 14.2. The number of aromatic nitrogens is 1. The number of nitrogens with zero attached hydrogens (tertiary/aromatic N) is 2. The first-order valence-electron chi connectivity index (χ1n) is 8.02. The van der Waals surface area contributed by atoms with Gasteiger partial charge in [0.25, 0.3) is 5.91 Å². The van der Waals surface area contributed by atoms with Crippen molar-refractivity contribution >= 4 is 54.2 Å². The van der Waals surface area contributed by atoms with Gasteiger partial charge in [0.1, 0.15) is 5.82 Å². The van der Waals surface area contributed by atoms with Gasteiger partial charge in [0.15, 0.2) is 5.13 Å². The molecule has 1 fully saturated rings. The molecule has 0 bridgehead atoms. The molecule has 1 aliphatic rings. The minimum absolute atomic E-state index is 0.266. The van der Waals surface area contributed by atoms with Crippen molar-refractivity contribution in [2.24, 2.45) is 0 Å². The van der Waals surface area contributed by atoms with E-state index in [1.165, 1.54) is 31.0 Å². The lowest BCUT2D eigenvalue weighted by Crippen LogP contribution is -2.16. The van der Waals surface area contributed by atoms with Crippen LogP contribution in [0.3, 0.4) is 0 Å². The molecule has 128 valence electrons. The Balaban J connectivity index is 1.59. The molecule has 0 radical (unpaired) electrons. The summed E-state index contributed by atoms with van der Waals surface area (Å²) in [6.45, 7) is 2.11. The maximum Gasteiger partial charge on any atom is 0.256 e. The zero-order valence-electron chi connectivity index (χ0n) is 13.3. The first kappa shape index (κ1) is 16.5. The minimum atomic E-state index is -0.443. The number of anilines is 2. The van der Waals surface area contributed by atoms with Crippen LogP contribution in [0.5, 0.6) is 0 Å². The fraction of sp³-hybridized carbons (Fsp3) is 0.222. The molecule has 7 heteroatoms. The van der Waals surface area contributed by atoms with Crippen molar-refractivity contribution in [2.75, 3.05) is 23.3 Å². The Morgan fingerprint density at radius 3 is 2.80 bits per heavy atom. The van der Waals surface area contributed by atoms with Gasteiger partial charge in [-0.3, -0.25) is 4.79 Å². The number of hydrogen-bond acceptors (Lipinski definition) is 4. The average Bonchev–Trinajstić information content (AvgIpc) is 3.25. The Kier molecular flexibility index (Phi) is 4.43. The van der Waals surface area contributed by atoms with Crippen LogP contribution in [0.4, 0.5) is 15.2 Å². The van der Waals surface area contributed by atoms with Crippen LogP contribution >= 0.6 is 27.3 Å².